The minimum atomic E-state index is -0.275. The van der Waals surface area contributed by atoms with Crippen molar-refractivity contribution in [1.29, 1.82) is 0 Å². The number of fused-ring (bicyclic) bond motifs is 1. The Morgan fingerprint density at radius 1 is 0.844 bits per heavy atom. The SMILES string of the molecule is COc1ccc2cc([C@H](C)C(=O)Nc3ccc(OCCc4ccccc4)cc3)ccc2c1. The summed E-state index contributed by atoms with van der Waals surface area (Å²) < 4.78 is 11.1. The van der Waals surface area contributed by atoms with Crippen LogP contribution in [-0.4, -0.2) is 19.6 Å². The zero-order valence-electron chi connectivity index (χ0n) is 18.4. The molecule has 0 bridgehead atoms. The molecule has 0 fully saturated rings. The summed E-state index contributed by atoms with van der Waals surface area (Å²) in [7, 11) is 1.66. The highest BCUT2D eigenvalue weighted by atomic mass is 16.5. The molecule has 1 amide bonds. The van der Waals surface area contributed by atoms with Crippen molar-refractivity contribution in [3.63, 3.8) is 0 Å². The number of carbonyl (C=O) groups excluding carboxylic acids is 1. The smallest absolute Gasteiger partial charge is 0.231 e. The highest BCUT2D eigenvalue weighted by Crippen LogP contribution is 2.26. The van der Waals surface area contributed by atoms with Crippen LogP contribution in [0.15, 0.2) is 91.0 Å². The molecule has 0 aromatic heterocycles. The van der Waals surface area contributed by atoms with Crippen LogP contribution >= 0.6 is 0 Å². The number of ether oxygens (including phenoxy) is 2. The summed E-state index contributed by atoms with van der Waals surface area (Å²) >= 11 is 0. The van der Waals surface area contributed by atoms with E-state index in [9.17, 15) is 4.79 Å². The molecule has 4 nitrogen and oxygen atoms in total. The van der Waals surface area contributed by atoms with E-state index in [1.54, 1.807) is 7.11 Å². The Balaban J connectivity index is 1.34. The first-order valence-electron chi connectivity index (χ1n) is 10.8. The van der Waals surface area contributed by atoms with Gasteiger partial charge in [0.2, 0.25) is 5.91 Å². The maximum atomic E-state index is 12.8. The Hall–Kier alpha value is -3.79. The normalized spacial score (nSPS) is 11.7. The molecule has 4 heteroatoms. The topological polar surface area (TPSA) is 47.6 Å². The number of hydrogen-bond acceptors (Lipinski definition) is 3. The number of benzene rings is 4. The summed E-state index contributed by atoms with van der Waals surface area (Å²) in [6.45, 7) is 2.53. The summed E-state index contributed by atoms with van der Waals surface area (Å²) in [5, 5.41) is 5.17. The lowest BCUT2D eigenvalue weighted by Gasteiger charge is -2.14. The molecule has 0 aliphatic heterocycles. The number of carbonyl (C=O) groups is 1. The van der Waals surface area contributed by atoms with E-state index in [4.69, 9.17) is 9.47 Å². The molecule has 0 radical (unpaired) electrons. The molecule has 32 heavy (non-hydrogen) atoms. The van der Waals surface area contributed by atoms with Crippen LogP contribution in [0.4, 0.5) is 5.69 Å². The molecule has 4 aromatic rings. The van der Waals surface area contributed by atoms with Gasteiger partial charge in [-0.05, 0) is 65.2 Å². The second-order valence-electron chi connectivity index (χ2n) is 7.79. The second-order valence-corrected chi connectivity index (χ2v) is 7.79. The van der Waals surface area contributed by atoms with Crippen molar-refractivity contribution >= 4 is 22.4 Å². The molecule has 0 aliphatic rings. The van der Waals surface area contributed by atoms with Gasteiger partial charge in [-0.2, -0.15) is 0 Å². The second kappa shape index (κ2) is 10.0. The zero-order chi connectivity index (χ0) is 22.3. The van der Waals surface area contributed by atoms with Crippen molar-refractivity contribution in [2.75, 3.05) is 19.0 Å². The minimum absolute atomic E-state index is 0.0457. The lowest BCUT2D eigenvalue weighted by Crippen LogP contribution is -2.18. The first-order valence-corrected chi connectivity index (χ1v) is 10.8. The van der Waals surface area contributed by atoms with Crippen LogP contribution in [0.5, 0.6) is 11.5 Å². The zero-order valence-corrected chi connectivity index (χ0v) is 18.4. The Morgan fingerprint density at radius 3 is 2.28 bits per heavy atom. The molecule has 162 valence electrons. The van der Waals surface area contributed by atoms with Gasteiger partial charge in [-0.25, -0.2) is 0 Å². The summed E-state index contributed by atoms with van der Waals surface area (Å²) in [6, 6.07) is 29.8. The summed E-state index contributed by atoms with van der Waals surface area (Å²) in [4.78, 5) is 12.8. The lowest BCUT2D eigenvalue weighted by molar-refractivity contribution is -0.117. The number of nitrogens with one attached hydrogen (secondary N) is 1. The predicted molar refractivity (Wildman–Crippen MR) is 130 cm³/mol. The number of amides is 1. The van der Waals surface area contributed by atoms with Gasteiger partial charge >= 0.3 is 0 Å². The van der Waals surface area contributed by atoms with Gasteiger partial charge in [0.15, 0.2) is 0 Å². The van der Waals surface area contributed by atoms with Crippen LogP contribution in [0.3, 0.4) is 0 Å². The van der Waals surface area contributed by atoms with Crippen LogP contribution in [0.2, 0.25) is 0 Å². The van der Waals surface area contributed by atoms with Crippen molar-refractivity contribution in [2.45, 2.75) is 19.3 Å². The van der Waals surface area contributed by atoms with Crippen LogP contribution in [0.25, 0.3) is 10.8 Å². The molecule has 4 rings (SSSR count). The monoisotopic (exact) mass is 425 g/mol. The van der Waals surface area contributed by atoms with Crippen molar-refractivity contribution < 1.29 is 14.3 Å². The molecule has 0 spiro atoms. The summed E-state index contributed by atoms with van der Waals surface area (Å²) in [5.41, 5.74) is 2.97. The molecule has 0 saturated carbocycles. The maximum Gasteiger partial charge on any atom is 0.231 e. The Morgan fingerprint density at radius 2 is 1.53 bits per heavy atom. The molecular weight excluding hydrogens is 398 g/mol. The number of hydrogen-bond donors (Lipinski definition) is 1. The van der Waals surface area contributed by atoms with Gasteiger partial charge in [-0.1, -0.05) is 54.6 Å². The van der Waals surface area contributed by atoms with E-state index in [-0.39, 0.29) is 11.8 Å². The standard InChI is InChI=1S/C28H27NO3/c1-20(22-8-9-24-19-27(31-2)13-10-23(24)18-22)28(30)29-25-11-14-26(15-12-25)32-17-16-21-6-4-3-5-7-21/h3-15,18-20H,16-17H2,1-2H3,(H,29,30)/t20-/m0/s1. The summed E-state index contributed by atoms with van der Waals surface area (Å²) in [5.74, 6) is 1.29. The molecular formula is C28H27NO3. The molecule has 0 heterocycles. The van der Waals surface area contributed by atoms with E-state index in [0.717, 1.165) is 39.9 Å². The van der Waals surface area contributed by atoms with Gasteiger partial charge in [-0.15, -0.1) is 0 Å². The number of rotatable bonds is 8. The summed E-state index contributed by atoms with van der Waals surface area (Å²) in [6.07, 6.45) is 0.857. The highest BCUT2D eigenvalue weighted by molar-refractivity contribution is 5.96. The molecule has 0 saturated heterocycles. The largest absolute Gasteiger partial charge is 0.497 e. The van der Waals surface area contributed by atoms with Gasteiger partial charge in [0.1, 0.15) is 11.5 Å². The fraction of sp³-hybridized carbons (Fsp3) is 0.179. The lowest BCUT2D eigenvalue weighted by atomic mass is 9.97. The van der Waals surface area contributed by atoms with Crippen molar-refractivity contribution in [3.8, 4) is 11.5 Å². The molecule has 4 aromatic carbocycles. The molecule has 0 unspecified atom stereocenters. The van der Waals surface area contributed by atoms with E-state index in [1.165, 1.54) is 5.56 Å². The number of methoxy groups -OCH3 is 1. The Kier molecular flexibility index (Phi) is 6.71. The molecule has 1 N–H and O–H groups in total. The Labute approximate surface area is 188 Å². The minimum Gasteiger partial charge on any atom is -0.497 e. The van der Waals surface area contributed by atoms with Crippen LogP contribution in [0.1, 0.15) is 24.0 Å². The quantitative estimate of drug-likeness (QED) is 0.365. The van der Waals surface area contributed by atoms with Gasteiger partial charge in [-0.3, -0.25) is 4.79 Å². The molecule has 0 aliphatic carbocycles. The third-order valence-corrected chi connectivity index (χ3v) is 5.59. The fourth-order valence-corrected chi connectivity index (χ4v) is 3.61. The first kappa shape index (κ1) is 21.4. The van der Waals surface area contributed by atoms with E-state index in [2.05, 4.69) is 23.5 Å². The van der Waals surface area contributed by atoms with E-state index < -0.39 is 0 Å². The van der Waals surface area contributed by atoms with Crippen LogP contribution in [-0.2, 0) is 11.2 Å². The van der Waals surface area contributed by atoms with Gasteiger partial charge in [0.25, 0.3) is 0 Å². The van der Waals surface area contributed by atoms with Crippen molar-refractivity contribution in [3.05, 3.63) is 102 Å². The third-order valence-electron chi connectivity index (χ3n) is 5.59. The van der Waals surface area contributed by atoms with E-state index in [0.29, 0.717) is 6.61 Å². The van der Waals surface area contributed by atoms with E-state index in [1.807, 2.05) is 79.7 Å². The predicted octanol–water partition coefficient (Wildman–Crippen LogP) is 6.21. The fourth-order valence-electron chi connectivity index (χ4n) is 3.61. The first-order chi connectivity index (χ1) is 15.6. The van der Waals surface area contributed by atoms with Gasteiger partial charge in [0, 0.05) is 12.1 Å². The molecule has 1 atom stereocenters. The van der Waals surface area contributed by atoms with E-state index >= 15 is 0 Å². The average Bonchev–Trinajstić information content (AvgIpc) is 2.84. The van der Waals surface area contributed by atoms with Crippen LogP contribution < -0.4 is 14.8 Å². The van der Waals surface area contributed by atoms with Crippen molar-refractivity contribution in [1.82, 2.24) is 0 Å². The Bertz CT molecular complexity index is 1190. The highest BCUT2D eigenvalue weighted by Gasteiger charge is 2.16. The van der Waals surface area contributed by atoms with Gasteiger partial charge in [0.05, 0.1) is 19.6 Å². The van der Waals surface area contributed by atoms with Crippen molar-refractivity contribution in [2.24, 2.45) is 0 Å². The average molecular weight is 426 g/mol. The third kappa shape index (κ3) is 5.27. The maximum absolute atomic E-state index is 12.8. The van der Waals surface area contributed by atoms with Crippen LogP contribution in [0, 0.1) is 0 Å². The van der Waals surface area contributed by atoms with Gasteiger partial charge < -0.3 is 14.8 Å². The number of anilines is 1.